The molecule has 2 aromatic heterocycles. The van der Waals surface area contributed by atoms with E-state index in [1.54, 1.807) is 0 Å². The van der Waals surface area contributed by atoms with E-state index >= 15 is 0 Å². The SMILES string of the molecule is C=CC(N)c1nc2c([nH]1)c(=O)[nH]c(=O)n2CCc1ccccc1. The first-order valence-electron chi connectivity index (χ1n) is 7.25. The highest BCUT2D eigenvalue weighted by Crippen LogP contribution is 2.12. The molecule has 0 saturated carbocycles. The lowest BCUT2D eigenvalue weighted by molar-refractivity contribution is 0.666. The van der Waals surface area contributed by atoms with Gasteiger partial charge >= 0.3 is 5.69 Å². The zero-order valence-electron chi connectivity index (χ0n) is 12.5. The van der Waals surface area contributed by atoms with Crippen LogP contribution in [0.15, 0.2) is 52.6 Å². The third-order valence-corrected chi connectivity index (χ3v) is 3.69. The van der Waals surface area contributed by atoms with E-state index in [0.29, 0.717) is 24.4 Å². The summed E-state index contributed by atoms with van der Waals surface area (Å²) in [7, 11) is 0. The molecule has 0 aliphatic heterocycles. The van der Waals surface area contributed by atoms with Crippen LogP contribution in [0.2, 0.25) is 0 Å². The van der Waals surface area contributed by atoms with Crippen molar-refractivity contribution in [1.82, 2.24) is 19.5 Å². The van der Waals surface area contributed by atoms with Gasteiger partial charge in [0, 0.05) is 6.54 Å². The van der Waals surface area contributed by atoms with E-state index in [1.807, 2.05) is 30.3 Å². The number of nitrogens with one attached hydrogen (secondary N) is 2. The van der Waals surface area contributed by atoms with Gasteiger partial charge in [0.1, 0.15) is 11.3 Å². The number of hydrogen-bond donors (Lipinski definition) is 3. The molecule has 0 fully saturated rings. The largest absolute Gasteiger partial charge is 0.335 e. The van der Waals surface area contributed by atoms with Crippen molar-refractivity contribution in [1.29, 1.82) is 0 Å². The van der Waals surface area contributed by atoms with Crippen LogP contribution in [0.25, 0.3) is 11.2 Å². The molecule has 0 bridgehead atoms. The summed E-state index contributed by atoms with van der Waals surface area (Å²) in [5.41, 5.74) is 6.51. The van der Waals surface area contributed by atoms with E-state index in [-0.39, 0.29) is 5.52 Å². The molecule has 23 heavy (non-hydrogen) atoms. The topological polar surface area (TPSA) is 110 Å². The average molecular weight is 311 g/mol. The van der Waals surface area contributed by atoms with Crippen LogP contribution in [0.5, 0.6) is 0 Å². The van der Waals surface area contributed by atoms with Crippen LogP contribution in [0.3, 0.4) is 0 Å². The van der Waals surface area contributed by atoms with Crippen molar-refractivity contribution in [3.05, 3.63) is 75.2 Å². The number of H-pyrrole nitrogens is 2. The molecule has 2 heterocycles. The van der Waals surface area contributed by atoms with Gasteiger partial charge in [-0.05, 0) is 12.0 Å². The number of aryl methyl sites for hydroxylation is 2. The van der Waals surface area contributed by atoms with Crippen LogP contribution in [0, 0.1) is 0 Å². The Morgan fingerprint density at radius 1 is 1.26 bits per heavy atom. The van der Waals surface area contributed by atoms with Gasteiger partial charge in [0.15, 0.2) is 5.65 Å². The normalized spacial score (nSPS) is 12.4. The van der Waals surface area contributed by atoms with E-state index in [4.69, 9.17) is 5.73 Å². The monoisotopic (exact) mass is 311 g/mol. The minimum absolute atomic E-state index is 0.241. The molecule has 0 aliphatic carbocycles. The number of hydrogen-bond acceptors (Lipinski definition) is 4. The third-order valence-electron chi connectivity index (χ3n) is 3.69. The van der Waals surface area contributed by atoms with Crippen molar-refractivity contribution < 1.29 is 0 Å². The van der Waals surface area contributed by atoms with Crippen LogP contribution in [0.4, 0.5) is 0 Å². The lowest BCUT2D eigenvalue weighted by Gasteiger charge is -2.06. The number of nitrogens with two attached hydrogens (primary N) is 1. The Hall–Kier alpha value is -2.93. The summed E-state index contributed by atoms with van der Waals surface area (Å²) >= 11 is 0. The Balaban J connectivity index is 2.05. The van der Waals surface area contributed by atoms with Gasteiger partial charge in [-0.15, -0.1) is 6.58 Å². The average Bonchev–Trinajstić information content (AvgIpc) is 3.00. The van der Waals surface area contributed by atoms with Crippen molar-refractivity contribution in [2.75, 3.05) is 0 Å². The highest BCUT2D eigenvalue weighted by Gasteiger charge is 2.15. The van der Waals surface area contributed by atoms with E-state index in [9.17, 15) is 9.59 Å². The summed E-state index contributed by atoms with van der Waals surface area (Å²) in [4.78, 5) is 33.5. The summed E-state index contributed by atoms with van der Waals surface area (Å²) in [6.07, 6.45) is 2.16. The zero-order chi connectivity index (χ0) is 16.4. The molecule has 1 unspecified atom stereocenters. The molecule has 0 radical (unpaired) electrons. The quantitative estimate of drug-likeness (QED) is 0.606. The van der Waals surface area contributed by atoms with E-state index < -0.39 is 17.3 Å². The van der Waals surface area contributed by atoms with Crippen molar-refractivity contribution >= 4 is 11.2 Å². The van der Waals surface area contributed by atoms with Crippen LogP contribution in [-0.4, -0.2) is 19.5 Å². The van der Waals surface area contributed by atoms with Crippen LogP contribution in [-0.2, 0) is 13.0 Å². The molecule has 1 aromatic carbocycles. The van der Waals surface area contributed by atoms with E-state index in [1.165, 1.54) is 10.6 Å². The minimum atomic E-state index is -0.528. The first-order valence-corrected chi connectivity index (χ1v) is 7.25. The lowest BCUT2D eigenvalue weighted by Crippen LogP contribution is -2.30. The van der Waals surface area contributed by atoms with Crippen molar-refractivity contribution in [3.8, 4) is 0 Å². The summed E-state index contributed by atoms with van der Waals surface area (Å²) in [5, 5.41) is 0. The minimum Gasteiger partial charge on any atom is -0.335 e. The van der Waals surface area contributed by atoms with Gasteiger partial charge in [0.05, 0.1) is 6.04 Å². The zero-order valence-corrected chi connectivity index (χ0v) is 12.5. The predicted octanol–water partition coefficient (Wildman–Crippen LogP) is 0.841. The number of aromatic nitrogens is 4. The summed E-state index contributed by atoms with van der Waals surface area (Å²) in [5.74, 6) is 0.402. The Bertz CT molecular complexity index is 952. The highest BCUT2D eigenvalue weighted by molar-refractivity contribution is 5.69. The van der Waals surface area contributed by atoms with Gasteiger partial charge < -0.3 is 10.7 Å². The van der Waals surface area contributed by atoms with Gasteiger partial charge in [-0.25, -0.2) is 9.78 Å². The van der Waals surface area contributed by atoms with Crippen molar-refractivity contribution in [3.63, 3.8) is 0 Å². The number of aromatic amines is 2. The number of nitrogens with zero attached hydrogens (tertiary/aromatic N) is 2. The molecule has 0 amide bonds. The van der Waals surface area contributed by atoms with Crippen LogP contribution >= 0.6 is 0 Å². The van der Waals surface area contributed by atoms with Gasteiger partial charge in [-0.2, -0.15) is 0 Å². The fourth-order valence-electron chi connectivity index (χ4n) is 2.42. The maximum Gasteiger partial charge on any atom is 0.330 e. The first-order chi connectivity index (χ1) is 11.1. The van der Waals surface area contributed by atoms with E-state index in [0.717, 1.165) is 5.56 Å². The summed E-state index contributed by atoms with van der Waals surface area (Å²) < 4.78 is 1.44. The number of rotatable bonds is 5. The molecule has 7 heteroatoms. The Kier molecular flexibility index (Phi) is 3.94. The second-order valence-electron chi connectivity index (χ2n) is 5.23. The Morgan fingerprint density at radius 3 is 2.70 bits per heavy atom. The standard InChI is InChI=1S/C16H17N5O2/c1-2-11(17)13-18-12-14(19-13)21(16(23)20-15(12)22)9-8-10-6-4-3-5-7-10/h2-7,11H,1,8-9,17H2,(H,18,19)(H,20,22,23). The molecule has 1 atom stereocenters. The number of imidazole rings is 1. The van der Waals surface area contributed by atoms with E-state index in [2.05, 4.69) is 21.5 Å². The molecule has 4 N–H and O–H groups in total. The molecular weight excluding hydrogens is 294 g/mol. The van der Waals surface area contributed by atoms with Gasteiger partial charge in [0.2, 0.25) is 0 Å². The molecule has 7 nitrogen and oxygen atoms in total. The van der Waals surface area contributed by atoms with Crippen LogP contribution in [0.1, 0.15) is 17.4 Å². The summed E-state index contributed by atoms with van der Waals surface area (Å²) in [6, 6.07) is 9.26. The van der Waals surface area contributed by atoms with Crippen molar-refractivity contribution in [2.24, 2.45) is 5.73 Å². The smallest absolute Gasteiger partial charge is 0.330 e. The highest BCUT2D eigenvalue weighted by atomic mass is 16.2. The fourth-order valence-corrected chi connectivity index (χ4v) is 2.42. The van der Waals surface area contributed by atoms with Crippen molar-refractivity contribution in [2.45, 2.75) is 19.0 Å². The molecule has 0 saturated heterocycles. The Labute approximate surface area is 131 Å². The second kappa shape index (κ2) is 6.05. The molecule has 3 rings (SSSR count). The summed E-state index contributed by atoms with van der Waals surface area (Å²) in [6.45, 7) is 4.01. The van der Waals surface area contributed by atoms with Gasteiger partial charge in [-0.1, -0.05) is 36.4 Å². The van der Waals surface area contributed by atoms with Gasteiger partial charge in [0.25, 0.3) is 5.56 Å². The molecule has 0 aliphatic rings. The maximum atomic E-state index is 12.1. The van der Waals surface area contributed by atoms with Crippen LogP contribution < -0.4 is 17.0 Å². The maximum absolute atomic E-state index is 12.1. The molecular formula is C16H17N5O2. The molecule has 118 valence electrons. The number of benzene rings is 1. The third kappa shape index (κ3) is 2.86. The second-order valence-corrected chi connectivity index (χ2v) is 5.23. The fraction of sp³-hybridized carbons (Fsp3) is 0.188. The predicted molar refractivity (Wildman–Crippen MR) is 88.2 cm³/mol. The number of fused-ring (bicyclic) bond motifs is 1. The molecule has 3 aromatic rings. The Morgan fingerprint density at radius 2 is 2.00 bits per heavy atom. The molecule has 0 spiro atoms. The lowest BCUT2D eigenvalue weighted by atomic mass is 10.1. The van der Waals surface area contributed by atoms with Gasteiger partial charge in [-0.3, -0.25) is 14.3 Å². The first kappa shape index (κ1) is 15.0.